The fourth-order valence-corrected chi connectivity index (χ4v) is 4.36. The molecule has 1 unspecified atom stereocenters. The van der Waals surface area contributed by atoms with Gasteiger partial charge in [-0.2, -0.15) is 0 Å². The molecule has 0 saturated carbocycles. The number of nitrogens with two attached hydrogens (primary N) is 1. The Morgan fingerprint density at radius 1 is 1.35 bits per heavy atom. The van der Waals surface area contributed by atoms with Gasteiger partial charge in [0, 0.05) is 18.5 Å². The predicted molar refractivity (Wildman–Crippen MR) is 98.8 cm³/mol. The van der Waals surface area contributed by atoms with Gasteiger partial charge in [0.2, 0.25) is 5.76 Å². The van der Waals surface area contributed by atoms with E-state index in [1.165, 1.54) is 12.5 Å². The van der Waals surface area contributed by atoms with Gasteiger partial charge in [0.1, 0.15) is 11.0 Å². The molecule has 0 bridgehead atoms. The number of thiophene rings is 1. The SMILES string of the molecule is CCOC(=O)/C(OC)=C(\Nc1csc(S(=O)N(CC)CC)c1O)C(N)=O. The van der Waals surface area contributed by atoms with Gasteiger partial charge in [0.25, 0.3) is 5.91 Å². The molecule has 146 valence electrons. The van der Waals surface area contributed by atoms with Gasteiger partial charge in [0.05, 0.1) is 19.4 Å². The number of primary amides is 1. The Morgan fingerprint density at radius 2 is 1.96 bits per heavy atom. The van der Waals surface area contributed by atoms with E-state index in [2.05, 4.69) is 5.32 Å². The predicted octanol–water partition coefficient (Wildman–Crippen LogP) is 1.14. The molecule has 0 spiro atoms. The summed E-state index contributed by atoms with van der Waals surface area (Å²) in [5, 5.41) is 14.4. The van der Waals surface area contributed by atoms with Crippen molar-refractivity contribution in [2.45, 2.75) is 25.0 Å². The molecule has 0 radical (unpaired) electrons. The normalized spacial score (nSPS) is 13.1. The third-order valence-corrected chi connectivity index (χ3v) is 6.20. The molecule has 4 N–H and O–H groups in total. The van der Waals surface area contributed by atoms with E-state index in [9.17, 15) is 18.9 Å². The molecular weight excluding hydrogens is 382 g/mol. The summed E-state index contributed by atoms with van der Waals surface area (Å²) >= 11 is 1.05. The summed E-state index contributed by atoms with van der Waals surface area (Å²) in [6.07, 6.45) is 0. The number of esters is 1. The average molecular weight is 405 g/mol. The molecule has 0 aromatic carbocycles. The average Bonchev–Trinajstić information content (AvgIpc) is 2.96. The standard InChI is InChI=1S/C15H23N3O6S2/c1-5-18(6-2)26(22)15-11(19)9(8-25-15)17-10(13(16)20)12(23-4)14(21)24-7-3/h8,17,19H,5-7H2,1-4H3,(H2,16,20)/b12-10+. The highest BCUT2D eigenvalue weighted by Gasteiger charge is 2.26. The Kier molecular flexibility index (Phi) is 8.55. The first-order valence-electron chi connectivity index (χ1n) is 7.81. The fraction of sp³-hybridized carbons (Fsp3) is 0.467. The van der Waals surface area contributed by atoms with Crippen LogP contribution in [0.1, 0.15) is 20.8 Å². The number of carbonyl (C=O) groups excluding carboxylic acids is 2. The van der Waals surface area contributed by atoms with E-state index in [4.69, 9.17) is 15.2 Å². The molecule has 9 nitrogen and oxygen atoms in total. The number of nitrogens with one attached hydrogen (secondary N) is 1. The lowest BCUT2D eigenvalue weighted by Crippen LogP contribution is -2.26. The molecule has 26 heavy (non-hydrogen) atoms. The number of anilines is 1. The van der Waals surface area contributed by atoms with Crippen molar-refractivity contribution in [3.05, 3.63) is 16.8 Å². The van der Waals surface area contributed by atoms with Crippen LogP contribution < -0.4 is 11.1 Å². The van der Waals surface area contributed by atoms with Gasteiger partial charge < -0.3 is 25.6 Å². The highest BCUT2D eigenvalue weighted by atomic mass is 32.2. The molecule has 1 heterocycles. The van der Waals surface area contributed by atoms with E-state index in [1.54, 1.807) is 11.2 Å². The van der Waals surface area contributed by atoms with Crippen LogP contribution in [0.5, 0.6) is 5.75 Å². The van der Waals surface area contributed by atoms with Crippen molar-refractivity contribution in [3.8, 4) is 5.75 Å². The van der Waals surface area contributed by atoms with Crippen LogP contribution in [0.2, 0.25) is 0 Å². The molecule has 1 atom stereocenters. The van der Waals surface area contributed by atoms with E-state index in [0.29, 0.717) is 13.1 Å². The number of rotatable bonds is 10. The molecule has 0 saturated heterocycles. The van der Waals surface area contributed by atoms with Crippen LogP contribution >= 0.6 is 11.3 Å². The number of amides is 1. The quantitative estimate of drug-likeness (QED) is 0.302. The fourth-order valence-electron chi connectivity index (χ4n) is 1.97. The molecule has 0 aliphatic carbocycles. The molecule has 1 rings (SSSR count). The third kappa shape index (κ3) is 4.96. The van der Waals surface area contributed by atoms with Crippen LogP contribution in [0.25, 0.3) is 0 Å². The smallest absolute Gasteiger partial charge is 0.376 e. The lowest BCUT2D eigenvalue weighted by Gasteiger charge is -2.16. The molecular formula is C15H23N3O6S2. The monoisotopic (exact) mass is 405 g/mol. The molecule has 0 aliphatic heterocycles. The number of carbonyl (C=O) groups is 2. The summed E-state index contributed by atoms with van der Waals surface area (Å²) in [5.41, 5.74) is 5.02. The van der Waals surface area contributed by atoms with Crippen molar-refractivity contribution in [3.63, 3.8) is 0 Å². The second-order valence-corrected chi connectivity index (χ2v) is 7.33. The van der Waals surface area contributed by atoms with Crippen LogP contribution in [-0.4, -0.2) is 52.3 Å². The van der Waals surface area contributed by atoms with Gasteiger partial charge in [-0.25, -0.2) is 13.3 Å². The number of ether oxygens (including phenoxy) is 2. The van der Waals surface area contributed by atoms with E-state index >= 15 is 0 Å². The zero-order chi connectivity index (χ0) is 19.9. The van der Waals surface area contributed by atoms with Gasteiger partial charge >= 0.3 is 5.97 Å². The van der Waals surface area contributed by atoms with E-state index in [-0.39, 0.29) is 27.9 Å². The van der Waals surface area contributed by atoms with E-state index < -0.39 is 28.6 Å². The molecule has 11 heteroatoms. The molecule has 1 aromatic rings. The molecule has 1 amide bonds. The van der Waals surface area contributed by atoms with Gasteiger partial charge in [-0.1, -0.05) is 13.8 Å². The maximum absolute atomic E-state index is 12.5. The van der Waals surface area contributed by atoms with Gasteiger partial charge in [0.15, 0.2) is 15.7 Å². The number of nitrogens with zero attached hydrogens (tertiary/aromatic N) is 1. The highest BCUT2D eigenvalue weighted by molar-refractivity contribution is 7.85. The Bertz CT molecular complexity index is 712. The summed E-state index contributed by atoms with van der Waals surface area (Å²) in [5.74, 6) is -2.57. The van der Waals surface area contributed by atoms with E-state index in [0.717, 1.165) is 11.3 Å². The number of hydrogen-bond donors (Lipinski definition) is 3. The van der Waals surface area contributed by atoms with Crippen molar-refractivity contribution in [1.82, 2.24) is 4.31 Å². The van der Waals surface area contributed by atoms with Crippen LogP contribution in [0.3, 0.4) is 0 Å². The minimum Gasteiger partial charge on any atom is -0.504 e. The number of aromatic hydroxyl groups is 1. The first-order chi connectivity index (χ1) is 12.3. The van der Waals surface area contributed by atoms with Crippen molar-refractivity contribution in [1.29, 1.82) is 0 Å². The summed E-state index contributed by atoms with van der Waals surface area (Å²) in [6.45, 7) is 6.45. The zero-order valence-corrected chi connectivity index (χ0v) is 16.7. The van der Waals surface area contributed by atoms with E-state index in [1.807, 2.05) is 13.8 Å². The minimum absolute atomic E-state index is 0.0778. The lowest BCUT2D eigenvalue weighted by atomic mass is 10.3. The van der Waals surface area contributed by atoms with Crippen LogP contribution in [-0.2, 0) is 30.0 Å². The van der Waals surface area contributed by atoms with Crippen molar-refractivity contribution in [2.75, 3.05) is 32.1 Å². The van der Waals surface area contributed by atoms with Crippen molar-refractivity contribution < 1.29 is 28.4 Å². The van der Waals surface area contributed by atoms with Crippen LogP contribution in [0.4, 0.5) is 5.69 Å². The second-order valence-electron chi connectivity index (χ2n) is 4.77. The topological polar surface area (TPSA) is 131 Å². The van der Waals surface area contributed by atoms with Gasteiger partial charge in [-0.15, -0.1) is 11.3 Å². The lowest BCUT2D eigenvalue weighted by molar-refractivity contribution is -0.142. The zero-order valence-electron chi connectivity index (χ0n) is 15.0. The van der Waals surface area contributed by atoms with Gasteiger partial charge in [-0.3, -0.25) is 4.79 Å². The Morgan fingerprint density at radius 3 is 2.42 bits per heavy atom. The first kappa shape index (κ1) is 21.9. The number of methoxy groups -OCH3 is 1. The summed E-state index contributed by atoms with van der Waals surface area (Å²) in [6, 6.07) is 0. The maximum atomic E-state index is 12.5. The minimum atomic E-state index is -1.56. The Hall–Kier alpha value is -2.11. The number of hydrogen-bond acceptors (Lipinski definition) is 8. The third-order valence-electron chi connectivity index (χ3n) is 3.23. The summed E-state index contributed by atoms with van der Waals surface area (Å²) in [4.78, 5) is 23.6. The molecule has 0 aliphatic rings. The Labute approximate surface area is 158 Å². The Balaban J connectivity index is 3.25. The maximum Gasteiger partial charge on any atom is 0.376 e. The highest BCUT2D eigenvalue weighted by Crippen LogP contribution is 2.38. The van der Waals surface area contributed by atoms with Gasteiger partial charge in [-0.05, 0) is 6.92 Å². The van der Waals surface area contributed by atoms with Crippen molar-refractivity contribution in [2.24, 2.45) is 5.73 Å². The molecule has 1 aromatic heterocycles. The summed E-state index contributed by atoms with van der Waals surface area (Å²) in [7, 11) is -0.369. The first-order valence-corrected chi connectivity index (χ1v) is 9.80. The van der Waals surface area contributed by atoms with Crippen LogP contribution in [0, 0.1) is 0 Å². The van der Waals surface area contributed by atoms with Crippen molar-refractivity contribution >= 4 is 39.9 Å². The van der Waals surface area contributed by atoms with Crippen LogP contribution in [0.15, 0.2) is 21.0 Å². The summed E-state index contributed by atoms with van der Waals surface area (Å²) < 4.78 is 24.1. The second kappa shape index (κ2) is 10.1. The largest absolute Gasteiger partial charge is 0.504 e. The molecule has 0 fully saturated rings.